The third kappa shape index (κ3) is 2.31. The highest BCUT2D eigenvalue weighted by molar-refractivity contribution is 5.89. The van der Waals surface area contributed by atoms with Gasteiger partial charge in [0.1, 0.15) is 6.10 Å². The summed E-state index contributed by atoms with van der Waals surface area (Å²) in [5.74, 6) is -1.96. The Balaban J connectivity index is 1.75. The maximum Gasteiger partial charge on any atom is 0.414 e. The second kappa shape index (κ2) is 4.87. The van der Waals surface area contributed by atoms with Crippen LogP contribution in [0.15, 0.2) is 30.6 Å². The molecule has 0 bridgehead atoms. The normalized spacial score (nSPS) is 18.4. The number of ether oxygens (including phenoxy) is 1. The van der Waals surface area contributed by atoms with E-state index in [0.717, 1.165) is 12.1 Å². The molecule has 1 saturated heterocycles. The molecule has 1 fully saturated rings. The number of carbonyl (C=O) groups is 1. The summed E-state index contributed by atoms with van der Waals surface area (Å²) in [4.78, 5) is 13.0. The van der Waals surface area contributed by atoms with Crippen molar-refractivity contribution in [3.63, 3.8) is 0 Å². The summed E-state index contributed by atoms with van der Waals surface area (Å²) in [6, 6.07) is 3.27. The summed E-state index contributed by atoms with van der Waals surface area (Å²) < 4.78 is 32.8. The predicted molar refractivity (Wildman–Crippen MR) is 64.0 cm³/mol. The number of carbonyl (C=O) groups excluding carboxylic acids is 1. The molecule has 1 atom stereocenters. The van der Waals surface area contributed by atoms with E-state index in [9.17, 15) is 13.6 Å². The number of halogens is 2. The first kappa shape index (κ1) is 12.5. The van der Waals surface area contributed by atoms with Crippen LogP contribution >= 0.6 is 0 Å². The van der Waals surface area contributed by atoms with Crippen LogP contribution in [0.4, 0.5) is 19.3 Å². The van der Waals surface area contributed by atoms with Gasteiger partial charge in [-0.25, -0.2) is 18.3 Å². The van der Waals surface area contributed by atoms with Gasteiger partial charge in [0.2, 0.25) is 0 Å². The molecule has 20 heavy (non-hydrogen) atoms. The lowest BCUT2D eigenvalue weighted by Gasteiger charge is -2.13. The summed E-state index contributed by atoms with van der Waals surface area (Å²) in [6.45, 7) is 0.593. The quantitative estimate of drug-likeness (QED) is 0.856. The van der Waals surface area contributed by atoms with E-state index in [4.69, 9.17) is 4.74 Å². The van der Waals surface area contributed by atoms with Crippen LogP contribution in [0.25, 0.3) is 0 Å². The summed E-state index contributed by atoms with van der Waals surface area (Å²) in [5.41, 5.74) is 0.259. The summed E-state index contributed by atoms with van der Waals surface area (Å²) in [6.07, 6.45) is 2.15. The molecule has 1 aliphatic rings. The van der Waals surface area contributed by atoms with E-state index in [0.29, 0.717) is 6.54 Å². The van der Waals surface area contributed by atoms with Gasteiger partial charge in [-0.05, 0) is 12.1 Å². The lowest BCUT2D eigenvalue weighted by atomic mass is 10.2. The zero-order valence-corrected chi connectivity index (χ0v) is 10.2. The van der Waals surface area contributed by atoms with E-state index >= 15 is 0 Å². The molecule has 6 nitrogen and oxygen atoms in total. The number of hydrogen-bond acceptors (Lipinski definition) is 4. The zero-order valence-electron chi connectivity index (χ0n) is 10.2. The van der Waals surface area contributed by atoms with Crippen LogP contribution in [0.1, 0.15) is 0 Å². The first-order chi connectivity index (χ1) is 9.63. The predicted octanol–water partition coefficient (Wildman–Crippen LogP) is 1.58. The molecule has 0 aliphatic carbocycles. The largest absolute Gasteiger partial charge is 0.442 e. The average molecular weight is 280 g/mol. The van der Waals surface area contributed by atoms with Crippen molar-refractivity contribution in [2.24, 2.45) is 0 Å². The van der Waals surface area contributed by atoms with E-state index < -0.39 is 23.8 Å². The molecular weight excluding hydrogens is 270 g/mol. The number of amides is 1. The van der Waals surface area contributed by atoms with Crippen LogP contribution in [-0.4, -0.2) is 33.7 Å². The molecule has 1 amide bonds. The molecular formula is C12H10F2N4O2. The van der Waals surface area contributed by atoms with Gasteiger partial charge in [-0.3, -0.25) is 4.90 Å². The van der Waals surface area contributed by atoms with Gasteiger partial charge in [-0.2, -0.15) is 0 Å². The van der Waals surface area contributed by atoms with Crippen LogP contribution in [0, 0.1) is 11.6 Å². The van der Waals surface area contributed by atoms with E-state index in [-0.39, 0.29) is 12.2 Å². The van der Waals surface area contributed by atoms with Crippen molar-refractivity contribution >= 4 is 11.8 Å². The van der Waals surface area contributed by atoms with Gasteiger partial charge >= 0.3 is 6.09 Å². The molecule has 0 N–H and O–H groups in total. The van der Waals surface area contributed by atoms with Crippen molar-refractivity contribution in [1.82, 2.24) is 15.0 Å². The Kier molecular flexibility index (Phi) is 3.05. The summed E-state index contributed by atoms with van der Waals surface area (Å²) >= 11 is 0. The first-order valence-corrected chi connectivity index (χ1v) is 5.91. The molecule has 2 aromatic rings. The number of hydrogen-bond donors (Lipinski definition) is 0. The smallest absolute Gasteiger partial charge is 0.414 e. The second-order valence-electron chi connectivity index (χ2n) is 4.34. The number of aromatic nitrogens is 3. The lowest BCUT2D eigenvalue weighted by Crippen LogP contribution is -2.26. The van der Waals surface area contributed by atoms with Gasteiger partial charge in [0.05, 0.1) is 25.0 Å². The van der Waals surface area contributed by atoms with E-state index in [1.54, 1.807) is 6.20 Å². The Labute approximate surface area is 112 Å². The zero-order chi connectivity index (χ0) is 14.1. The molecule has 104 valence electrons. The molecule has 3 rings (SSSR count). The van der Waals surface area contributed by atoms with E-state index in [1.165, 1.54) is 21.8 Å². The number of anilines is 1. The Morgan fingerprint density at radius 3 is 2.90 bits per heavy atom. The van der Waals surface area contributed by atoms with Gasteiger partial charge in [-0.15, -0.1) is 5.10 Å². The summed E-state index contributed by atoms with van der Waals surface area (Å²) in [5, 5.41) is 7.42. The van der Waals surface area contributed by atoms with Crippen LogP contribution in [-0.2, 0) is 11.3 Å². The molecule has 0 radical (unpaired) electrons. The molecule has 0 spiro atoms. The Morgan fingerprint density at radius 1 is 1.35 bits per heavy atom. The van der Waals surface area contributed by atoms with Gasteiger partial charge in [-0.1, -0.05) is 5.21 Å². The molecule has 2 heterocycles. The Morgan fingerprint density at radius 2 is 2.20 bits per heavy atom. The SMILES string of the molecule is O=C1OC(Cn2ccnn2)CN1c1ccc(F)c(F)c1. The highest BCUT2D eigenvalue weighted by atomic mass is 19.2. The topological polar surface area (TPSA) is 60.3 Å². The second-order valence-corrected chi connectivity index (χ2v) is 4.34. The van der Waals surface area contributed by atoms with Gasteiger partial charge in [0, 0.05) is 12.3 Å². The van der Waals surface area contributed by atoms with Crippen LogP contribution < -0.4 is 4.90 Å². The van der Waals surface area contributed by atoms with Gasteiger partial charge < -0.3 is 4.74 Å². The first-order valence-electron chi connectivity index (χ1n) is 5.91. The van der Waals surface area contributed by atoms with Gasteiger partial charge in [0.25, 0.3) is 0 Å². The number of benzene rings is 1. The third-order valence-electron chi connectivity index (χ3n) is 2.95. The van der Waals surface area contributed by atoms with Crippen molar-refractivity contribution < 1.29 is 18.3 Å². The third-order valence-corrected chi connectivity index (χ3v) is 2.95. The van der Waals surface area contributed by atoms with Crippen LogP contribution in [0.5, 0.6) is 0 Å². The standard InChI is InChI=1S/C12H10F2N4O2/c13-10-2-1-8(5-11(10)14)18-7-9(20-12(18)19)6-17-4-3-15-16-17/h1-5,9H,6-7H2. The number of rotatable bonds is 3. The van der Waals surface area contributed by atoms with Crippen molar-refractivity contribution in [3.8, 4) is 0 Å². The molecule has 0 saturated carbocycles. The fraction of sp³-hybridized carbons (Fsp3) is 0.250. The minimum absolute atomic E-state index is 0.240. The Bertz CT molecular complexity index is 632. The number of nitrogens with zero attached hydrogens (tertiary/aromatic N) is 4. The average Bonchev–Trinajstić information content (AvgIpc) is 3.03. The van der Waals surface area contributed by atoms with Crippen molar-refractivity contribution in [3.05, 3.63) is 42.2 Å². The van der Waals surface area contributed by atoms with Crippen LogP contribution in [0.2, 0.25) is 0 Å². The maximum absolute atomic E-state index is 13.2. The molecule has 1 unspecified atom stereocenters. The fourth-order valence-electron chi connectivity index (χ4n) is 2.02. The van der Waals surface area contributed by atoms with E-state index in [2.05, 4.69) is 10.3 Å². The van der Waals surface area contributed by atoms with Gasteiger partial charge in [0.15, 0.2) is 11.6 Å². The Hall–Kier alpha value is -2.51. The minimum Gasteiger partial charge on any atom is -0.442 e. The number of cyclic esters (lactones) is 1. The highest BCUT2D eigenvalue weighted by Crippen LogP contribution is 2.23. The molecule has 8 heteroatoms. The molecule has 1 aliphatic heterocycles. The summed E-state index contributed by atoms with van der Waals surface area (Å²) in [7, 11) is 0. The lowest BCUT2D eigenvalue weighted by molar-refractivity contribution is 0.129. The van der Waals surface area contributed by atoms with E-state index in [1.807, 2.05) is 0 Å². The molecule has 1 aromatic carbocycles. The maximum atomic E-state index is 13.2. The van der Waals surface area contributed by atoms with Crippen molar-refractivity contribution in [2.45, 2.75) is 12.6 Å². The van der Waals surface area contributed by atoms with Crippen LogP contribution in [0.3, 0.4) is 0 Å². The van der Waals surface area contributed by atoms with Crippen molar-refractivity contribution in [1.29, 1.82) is 0 Å². The van der Waals surface area contributed by atoms with Crippen molar-refractivity contribution in [2.75, 3.05) is 11.4 Å². The molecule has 1 aromatic heterocycles. The highest BCUT2D eigenvalue weighted by Gasteiger charge is 2.33. The fourth-order valence-corrected chi connectivity index (χ4v) is 2.02. The minimum atomic E-state index is -1.00. The monoisotopic (exact) mass is 280 g/mol.